The highest BCUT2D eigenvalue weighted by Crippen LogP contribution is 2.26. The summed E-state index contributed by atoms with van der Waals surface area (Å²) in [7, 11) is 0. The second-order valence-electron chi connectivity index (χ2n) is 4.65. The van der Waals surface area contributed by atoms with Crippen LogP contribution in [-0.4, -0.2) is 42.5 Å². The predicted molar refractivity (Wildman–Crippen MR) is 71.7 cm³/mol. The van der Waals surface area contributed by atoms with Crippen molar-refractivity contribution in [1.82, 2.24) is 4.98 Å². The summed E-state index contributed by atoms with van der Waals surface area (Å²) in [5.41, 5.74) is 7.90. The topological polar surface area (TPSA) is 71.6 Å². The molecule has 0 amide bonds. The summed E-state index contributed by atoms with van der Waals surface area (Å²) in [6, 6.07) is 1.93. The summed E-state index contributed by atoms with van der Waals surface area (Å²) >= 11 is 0. The molecule has 0 aromatic carbocycles. The fourth-order valence-corrected chi connectivity index (χ4v) is 2.26. The number of nitrogens with two attached hydrogens (primary N) is 1. The number of pyridine rings is 1. The SMILES string of the molecule is Cc1ccnc(N2CCC(OCCO)CC2)c1N. The summed E-state index contributed by atoms with van der Waals surface area (Å²) in [6.07, 6.45) is 3.96. The molecule has 0 aliphatic carbocycles. The Morgan fingerprint density at radius 1 is 1.50 bits per heavy atom. The fourth-order valence-electron chi connectivity index (χ4n) is 2.26. The number of aromatic nitrogens is 1. The van der Waals surface area contributed by atoms with Crippen LogP contribution in [-0.2, 0) is 4.74 Å². The molecule has 3 N–H and O–H groups in total. The number of anilines is 2. The quantitative estimate of drug-likeness (QED) is 0.833. The van der Waals surface area contributed by atoms with Gasteiger partial charge in [0.25, 0.3) is 0 Å². The van der Waals surface area contributed by atoms with Gasteiger partial charge in [0.2, 0.25) is 0 Å². The number of hydrogen-bond donors (Lipinski definition) is 2. The van der Waals surface area contributed by atoms with Gasteiger partial charge in [0.05, 0.1) is 25.0 Å². The maximum atomic E-state index is 8.73. The first-order valence-corrected chi connectivity index (χ1v) is 6.41. The Kier molecular flexibility index (Phi) is 4.38. The highest BCUT2D eigenvalue weighted by atomic mass is 16.5. The van der Waals surface area contributed by atoms with Crippen LogP contribution in [0.2, 0.25) is 0 Å². The van der Waals surface area contributed by atoms with Gasteiger partial charge in [-0.3, -0.25) is 0 Å². The third kappa shape index (κ3) is 2.91. The van der Waals surface area contributed by atoms with Gasteiger partial charge in [0.15, 0.2) is 5.82 Å². The van der Waals surface area contributed by atoms with E-state index in [0.29, 0.717) is 6.61 Å². The molecule has 1 aliphatic heterocycles. The van der Waals surface area contributed by atoms with Gasteiger partial charge in [-0.05, 0) is 31.4 Å². The number of rotatable bonds is 4. The second-order valence-corrected chi connectivity index (χ2v) is 4.65. The molecule has 2 rings (SSSR count). The molecule has 0 atom stereocenters. The number of aliphatic hydroxyl groups excluding tert-OH is 1. The lowest BCUT2D eigenvalue weighted by Gasteiger charge is -2.33. The smallest absolute Gasteiger partial charge is 0.152 e. The standard InChI is InChI=1S/C13H21N3O2/c1-10-2-5-15-13(12(10)14)16-6-3-11(4-7-16)18-9-8-17/h2,5,11,17H,3-4,6-9,14H2,1H3. The molecule has 0 spiro atoms. The zero-order valence-electron chi connectivity index (χ0n) is 10.8. The van der Waals surface area contributed by atoms with Gasteiger partial charge in [-0.2, -0.15) is 0 Å². The van der Waals surface area contributed by atoms with Crippen molar-refractivity contribution in [2.75, 3.05) is 36.9 Å². The van der Waals surface area contributed by atoms with Crippen molar-refractivity contribution in [2.45, 2.75) is 25.9 Å². The number of nitrogen functional groups attached to an aromatic ring is 1. The number of hydrogen-bond acceptors (Lipinski definition) is 5. The summed E-state index contributed by atoms with van der Waals surface area (Å²) in [4.78, 5) is 6.58. The van der Waals surface area contributed by atoms with Crippen LogP contribution in [0.15, 0.2) is 12.3 Å². The van der Waals surface area contributed by atoms with E-state index >= 15 is 0 Å². The molecule has 1 saturated heterocycles. The summed E-state index contributed by atoms with van der Waals surface area (Å²) < 4.78 is 5.54. The Morgan fingerprint density at radius 2 is 2.22 bits per heavy atom. The van der Waals surface area contributed by atoms with E-state index < -0.39 is 0 Å². The molecule has 1 aromatic rings. The molecule has 100 valence electrons. The third-order valence-electron chi connectivity index (χ3n) is 3.37. The predicted octanol–water partition coefficient (Wildman–Crippen LogP) is 0.950. The van der Waals surface area contributed by atoms with Crippen LogP contribution in [0.4, 0.5) is 11.5 Å². The van der Waals surface area contributed by atoms with Crippen molar-refractivity contribution in [1.29, 1.82) is 0 Å². The Bertz CT molecular complexity index is 390. The number of nitrogens with zero attached hydrogens (tertiary/aromatic N) is 2. The van der Waals surface area contributed by atoms with Crippen molar-refractivity contribution in [3.05, 3.63) is 17.8 Å². The zero-order valence-corrected chi connectivity index (χ0v) is 10.8. The molecule has 5 heteroatoms. The van der Waals surface area contributed by atoms with E-state index in [4.69, 9.17) is 15.6 Å². The summed E-state index contributed by atoms with van der Waals surface area (Å²) in [5.74, 6) is 0.885. The van der Waals surface area contributed by atoms with E-state index in [1.54, 1.807) is 6.20 Å². The Morgan fingerprint density at radius 3 is 2.89 bits per heavy atom. The molecule has 0 unspecified atom stereocenters. The van der Waals surface area contributed by atoms with Crippen molar-refractivity contribution in [2.24, 2.45) is 0 Å². The van der Waals surface area contributed by atoms with E-state index in [-0.39, 0.29) is 12.7 Å². The molecule has 5 nitrogen and oxygen atoms in total. The lowest BCUT2D eigenvalue weighted by Crippen LogP contribution is -2.38. The molecule has 1 aromatic heterocycles. The van der Waals surface area contributed by atoms with E-state index in [1.165, 1.54) is 0 Å². The number of ether oxygens (including phenoxy) is 1. The number of piperidine rings is 1. The average molecular weight is 251 g/mol. The van der Waals surface area contributed by atoms with Crippen LogP contribution in [0.5, 0.6) is 0 Å². The van der Waals surface area contributed by atoms with Crippen LogP contribution in [0.25, 0.3) is 0 Å². The van der Waals surface area contributed by atoms with Gasteiger partial charge >= 0.3 is 0 Å². The highest BCUT2D eigenvalue weighted by molar-refractivity contribution is 5.66. The lowest BCUT2D eigenvalue weighted by molar-refractivity contribution is 0.0158. The molecule has 0 radical (unpaired) electrons. The van der Waals surface area contributed by atoms with Crippen molar-refractivity contribution < 1.29 is 9.84 Å². The van der Waals surface area contributed by atoms with E-state index in [9.17, 15) is 0 Å². The second kappa shape index (κ2) is 6.02. The normalized spacial score (nSPS) is 17.1. The van der Waals surface area contributed by atoms with Gasteiger partial charge in [0.1, 0.15) is 0 Å². The first kappa shape index (κ1) is 13.1. The van der Waals surface area contributed by atoms with Gasteiger partial charge < -0.3 is 20.5 Å². The van der Waals surface area contributed by atoms with Gasteiger partial charge in [-0.1, -0.05) is 0 Å². The first-order chi connectivity index (χ1) is 8.72. The minimum Gasteiger partial charge on any atom is -0.396 e. The molecular formula is C13H21N3O2. The monoisotopic (exact) mass is 251 g/mol. The van der Waals surface area contributed by atoms with Crippen molar-refractivity contribution >= 4 is 11.5 Å². The van der Waals surface area contributed by atoms with Crippen LogP contribution >= 0.6 is 0 Å². The van der Waals surface area contributed by atoms with Crippen molar-refractivity contribution in [3.63, 3.8) is 0 Å². The molecule has 0 saturated carbocycles. The fraction of sp³-hybridized carbons (Fsp3) is 0.615. The number of aryl methyl sites for hydroxylation is 1. The molecular weight excluding hydrogens is 230 g/mol. The first-order valence-electron chi connectivity index (χ1n) is 6.41. The maximum Gasteiger partial charge on any atom is 0.152 e. The molecule has 18 heavy (non-hydrogen) atoms. The van der Waals surface area contributed by atoms with E-state index in [0.717, 1.165) is 43.0 Å². The maximum absolute atomic E-state index is 8.73. The molecule has 1 fully saturated rings. The Labute approximate surface area is 108 Å². The van der Waals surface area contributed by atoms with E-state index in [2.05, 4.69) is 9.88 Å². The summed E-state index contributed by atoms with van der Waals surface area (Å²) in [6.45, 7) is 4.31. The summed E-state index contributed by atoms with van der Waals surface area (Å²) in [5, 5.41) is 8.73. The van der Waals surface area contributed by atoms with Crippen LogP contribution in [0, 0.1) is 6.92 Å². The Balaban J connectivity index is 1.95. The Hall–Kier alpha value is -1.33. The van der Waals surface area contributed by atoms with Crippen LogP contribution < -0.4 is 10.6 Å². The minimum absolute atomic E-state index is 0.0899. The molecule has 0 bridgehead atoms. The van der Waals surface area contributed by atoms with Gasteiger partial charge in [-0.15, -0.1) is 0 Å². The number of aliphatic hydroxyl groups is 1. The van der Waals surface area contributed by atoms with Gasteiger partial charge in [-0.25, -0.2) is 4.98 Å². The lowest BCUT2D eigenvalue weighted by atomic mass is 10.1. The third-order valence-corrected chi connectivity index (χ3v) is 3.37. The highest BCUT2D eigenvalue weighted by Gasteiger charge is 2.22. The average Bonchev–Trinajstić information content (AvgIpc) is 2.40. The largest absolute Gasteiger partial charge is 0.396 e. The van der Waals surface area contributed by atoms with E-state index in [1.807, 2.05) is 13.0 Å². The minimum atomic E-state index is 0.0899. The molecule has 2 heterocycles. The van der Waals surface area contributed by atoms with Crippen LogP contribution in [0.3, 0.4) is 0 Å². The van der Waals surface area contributed by atoms with Crippen molar-refractivity contribution in [3.8, 4) is 0 Å². The molecule has 1 aliphatic rings. The van der Waals surface area contributed by atoms with Crippen LogP contribution in [0.1, 0.15) is 18.4 Å². The zero-order chi connectivity index (χ0) is 13.0. The van der Waals surface area contributed by atoms with Gasteiger partial charge in [0, 0.05) is 19.3 Å².